The maximum Gasteiger partial charge on any atom is 0.408 e. The fourth-order valence-electron chi connectivity index (χ4n) is 12.1. The van der Waals surface area contributed by atoms with E-state index in [1.807, 2.05) is 13.8 Å². The number of nitrogens with one attached hydrogen (secondary N) is 1. The van der Waals surface area contributed by atoms with E-state index in [1.54, 1.807) is 53.7 Å². The second-order valence-electron chi connectivity index (χ2n) is 24.2. The molecule has 0 spiro atoms. The summed E-state index contributed by atoms with van der Waals surface area (Å²) in [6, 6.07) is 4.95. The molecule has 1 aliphatic heterocycles. The summed E-state index contributed by atoms with van der Waals surface area (Å²) in [5.41, 5.74) is -9.05. The normalized spacial score (nSPS) is 27.7. The number of para-hydroxylation sites is 1. The van der Waals surface area contributed by atoms with Crippen LogP contribution in [-0.2, 0) is 57.1 Å². The van der Waals surface area contributed by atoms with Crippen molar-refractivity contribution in [2.24, 2.45) is 22.7 Å². The van der Waals surface area contributed by atoms with Crippen LogP contribution >= 0.6 is 0 Å². The standard InChI is InChI=1S/C63H91NO17/c1-14-16-17-18-19-20-21-22-23-24-25-26-27-28-29-34-49(68)78-51(43(35-39(3)4)64-58(72)81-59(7,8)9)57(71)76-45-37-63(73)55(79-56(70)42-32-30-31-33-44(42)74-13)53-61(12,46(66)36-47-62(53,38-75-47)80-41(6)65)54(69)52(77-48(67)15-2)50(40(45)5)60(63,10)11/h17-18,20-21,23-24,30-33,39,43,45-47,51-53,55,66,73H,14-16,19,22,25-29,34-38H2,1-13H3,(H,64,72)/b18-17-,21-20-,24-23-/t43-,45-,46-,47+,51+,52+,53?,55?,61+,62-,63+/m0/s1. The Morgan fingerprint density at radius 1 is 0.877 bits per heavy atom. The molecule has 0 aromatic heterocycles. The predicted octanol–water partition coefficient (Wildman–Crippen LogP) is 10.0. The van der Waals surface area contributed by atoms with Gasteiger partial charge in [0.1, 0.15) is 40.8 Å². The highest BCUT2D eigenvalue weighted by atomic mass is 16.6. The third-order valence-electron chi connectivity index (χ3n) is 16.3. The molecule has 1 saturated heterocycles. The van der Waals surface area contributed by atoms with E-state index >= 15 is 9.59 Å². The smallest absolute Gasteiger partial charge is 0.408 e. The lowest BCUT2D eigenvalue weighted by Gasteiger charge is -2.67. The van der Waals surface area contributed by atoms with Gasteiger partial charge in [0.25, 0.3) is 0 Å². The van der Waals surface area contributed by atoms with Crippen molar-refractivity contribution < 1.29 is 81.7 Å². The number of aliphatic hydroxyl groups is 2. The van der Waals surface area contributed by atoms with Crippen molar-refractivity contribution in [3.63, 3.8) is 0 Å². The molecule has 3 aliphatic carbocycles. The average molecular weight is 1130 g/mol. The van der Waals surface area contributed by atoms with Crippen LogP contribution in [-0.4, -0.2) is 125 Å². The average Bonchev–Trinajstić information content (AvgIpc) is 3.58. The van der Waals surface area contributed by atoms with Crippen LogP contribution in [0.5, 0.6) is 5.75 Å². The molecule has 18 nitrogen and oxygen atoms in total. The van der Waals surface area contributed by atoms with Gasteiger partial charge in [-0.1, -0.05) is 109 Å². The van der Waals surface area contributed by atoms with E-state index in [1.165, 1.54) is 33.1 Å². The summed E-state index contributed by atoms with van der Waals surface area (Å²) in [7, 11) is 1.35. The summed E-state index contributed by atoms with van der Waals surface area (Å²) in [4.78, 5) is 100. The van der Waals surface area contributed by atoms with E-state index in [0.29, 0.717) is 12.8 Å². The lowest BCUT2D eigenvalue weighted by atomic mass is 9.44. The minimum Gasteiger partial charge on any atom is -0.496 e. The first kappa shape index (κ1) is 66.0. The maximum atomic E-state index is 15.9. The van der Waals surface area contributed by atoms with E-state index in [2.05, 4.69) is 48.7 Å². The number of unbranched alkanes of at least 4 members (excludes halogenated alkanes) is 5. The summed E-state index contributed by atoms with van der Waals surface area (Å²) >= 11 is 0. The molecule has 5 rings (SSSR count). The van der Waals surface area contributed by atoms with Gasteiger partial charge in [0.05, 0.1) is 37.2 Å². The molecule has 1 aromatic carbocycles. The Labute approximate surface area is 479 Å². The first-order valence-corrected chi connectivity index (χ1v) is 29.0. The topological polar surface area (TPSA) is 246 Å². The predicted molar refractivity (Wildman–Crippen MR) is 302 cm³/mol. The summed E-state index contributed by atoms with van der Waals surface area (Å²) in [5.74, 6) is -7.11. The molecule has 81 heavy (non-hydrogen) atoms. The highest BCUT2D eigenvalue weighted by Crippen LogP contribution is 2.64. The largest absolute Gasteiger partial charge is 0.496 e. The number of hydrogen-bond acceptors (Lipinski definition) is 17. The van der Waals surface area contributed by atoms with E-state index in [-0.39, 0.29) is 60.7 Å². The molecular formula is C63H91NO17. The van der Waals surface area contributed by atoms with E-state index in [0.717, 1.165) is 51.9 Å². The zero-order chi connectivity index (χ0) is 60.1. The van der Waals surface area contributed by atoms with Crippen molar-refractivity contribution in [1.29, 1.82) is 0 Å². The van der Waals surface area contributed by atoms with Crippen LogP contribution in [0.15, 0.2) is 71.9 Å². The number of rotatable bonds is 26. The Balaban J connectivity index is 1.58. The van der Waals surface area contributed by atoms with Crippen molar-refractivity contribution >= 4 is 41.7 Å². The Morgan fingerprint density at radius 3 is 2.11 bits per heavy atom. The molecule has 0 radical (unpaired) electrons. The summed E-state index contributed by atoms with van der Waals surface area (Å²) in [6.45, 7) is 19.3. The Bertz CT molecular complexity index is 2520. The molecule has 18 heteroatoms. The van der Waals surface area contributed by atoms with Gasteiger partial charge in [-0.05, 0) is 109 Å². The third-order valence-corrected chi connectivity index (χ3v) is 16.3. The van der Waals surface area contributed by atoms with Crippen LogP contribution < -0.4 is 10.1 Å². The van der Waals surface area contributed by atoms with Gasteiger partial charge in [-0.3, -0.25) is 19.2 Å². The van der Waals surface area contributed by atoms with E-state index in [4.69, 9.17) is 37.9 Å². The number of carbonyl (C=O) groups is 7. The van der Waals surface area contributed by atoms with Gasteiger partial charge >= 0.3 is 35.9 Å². The van der Waals surface area contributed by atoms with Gasteiger partial charge < -0.3 is 53.4 Å². The second kappa shape index (κ2) is 28.4. The molecule has 1 heterocycles. The van der Waals surface area contributed by atoms with Crippen molar-refractivity contribution in [2.75, 3.05) is 13.7 Å². The Morgan fingerprint density at radius 2 is 1.52 bits per heavy atom. The summed E-state index contributed by atoms with van der Waals surface area (Å²) in [6.07, 6.45) is 9.01. The van der Waals surface area contributed by atoms with Gasteiger partial charge in [0.2, 0.25) is 6.10 Å². The number of methoxy groups -OCH3 is 1. The second-order valence-corrected chi connectivity index (χ2v) is 24.2. The van der Waals surface area contributed by atoms with Crippen LogP contribution in [0, 0.1) is 22.7 Å². The van der Waals surface area contributed by atoms with Crippen molar-refractivity contribution in [1.82, 2.24) is 5.32 Å². The molecule has 3 fully saturated rings. The van der Waals surface area contributed by atoms with Crippen LogP contribution in [0.2, 0.25) is 0 Å². The van der Waals surface area contributed by atoms with Crippen LogP contribution in [0.25, 0.3) is 0 Å². The number of ketones is 1. The molecule has 3 N–H and O–H groups in total. The minimum absolute atomic E-state index is 0.0168. The summed E-state index contributed by atoms with van der Waals surface area (Å²) in [5, 5.41) is 29.2. The number of esters is 5. The monoisotopic (exact) mass is 1130 g/mol. The maximum absolute atomic E-state index is 15.9. The number of amides is 1. The number of fused-ring (bicyclic) bond motifs is 5. The van der Waals surface area contributed by atoms with E-state index in [9.17, 15) is 34.2 Å². The van der Waals surface area contributed by atoms with Crippen LogP contribution in [0.3, 0.4) is 0 Å². The van der Waals surface area contributed by atoms with Crippen LogP contribution in [0.4, 0.5) is 4.79 Å². The fraction of sp³-hybridized carbons (Fsp3) is 0.667. The number of carbonyl (C=O) groups excluding carboxylic acids is 7. The number of Topliss-reactive ketones (excluding diaryl/α,β-unsaturated/α-hetero) is 1. The van der Waals surface area contributed by atoms with Gasteiger partial charge in [0.15, 0.2) is 17.5 Å². The number of ether oxygens (including phenoxy) is 8. The lowest BCUT2D eigenvalue weighted by molar-refractivity contribution is -0.346. The number of allylic oxidation sites excluding steroid dienone is 6. The Hall–Kier alpha value is -5.85. The lowest BCUT2D eigenvalue weighted by Crippen LogP contribution is -2.82. The first-order valence-electron chi connectivity index (χ1n) is 29.0. The first-order chi connectivity index (χ1) is 38.1. The molecule has 1 aromatic rings. The highest BCUT2D eigenvalue weighted by Gasteiger charge is 2.78. The highest BCUT2D eigenvalue weighted by molar-refractivity contribution is 5.96. The van der Waals surface area contributed by atoms with Gasteiger partial charge in [0, 0.05) is 38.0 Å². The third kappa shape index (κ3) is 15.4. The summed E-state index contributed by atoms with van der Waals surface area (Å²) < 4.78 is 48.5. The zero-order valence-electron chi connectivity index (χ0n) is 50.1. The zero-order valence-corrected chi connectivity index (χ0v) is 50.1. The molecule has 2 bridgehead atoms. The molecule has 4 aliphatic rings. The SMILES string of the molecule is CCC/C=C\C/C=C\C/C=C\CCCCCCC(=O)O[C@@H](C(=O)O[C@H]1C[C@@]2(O)C(OC(=O)c3ccccc3OC)C3[C@](C)(C(=O)[C@H](OC(=O)CC)C(=C1C)C2(C)C)[C@@H](O)C[C@H]1OC[C@@]31OC(C)=O)[C@H](CC(C)C)NC(=O)OC(C)(C)C. The van der Waals surface area contributed by atoms with E-state index < -0.39 is 124 Å². The molecule has 450 valence electrons. The molecule has 2 unspecified atom stereocenters. The number of benzene rings is 1. The molecular weight excluding hydrogens is 1040 g/mol. The van der Waals surface area contributed by atoms with Gasteiger partial charge in [-0.15, -0.1) is 0 Å². The van der Waals surface area contributed by atoms with Crippen molar-refractivity contribution in [3.8, 4) is 5.75 Å². The Kier molecular flexibility index (Phi) is 23.1. The molecule has 1 amide bonds. The molecule has 11 atom stereocenters. The number of hydrogen-bond donors (Lipinski definition) is 3. The van der Waals surface area contributed by atoms with Gasteiger partial charge in [-0.2, -0.15) is 0 Å². The quantitative estimate of drug-likeness (QED) is 0.0338. The van der Waals surface area contributed by atoms with Gasteiger partial charge in [-0.25, -0.2) is 14.4 Å². The number of aliphatic hydroxyl groups excluding tert-OH is 1. The van der Waals surface area contributed by atoms with Crippen LogP contribution in [0.1, 0.15) is 183 Å². The van der Waals surface area contributed by atoms with Crippen molar-refractivity contribution in [3.05, 3.63) is 77.4 Å². The number of alkyl carbamates (subject to hydrolysis) is 1. The van der Waals surface area contributed by atoms with Crippen molar-refractivity contribution in [2.45, 2.75) is 232 Å². The minimum atomic E-state index is -2.48. The fourth-order valence-corrected chi connectivity index (χ4v) is 12.1. The molecule has 2 saturated carbocycles.